The van der Waals surface area contributed by atoms with Crippen LogP contribution in [0.5, 0.6) is 0 Å². The minimum absolute atomic E-state index is 0.0756. The fourth-order valence-corrected chi connectivity index (χ4v) is 6.87. The normalized spacial score (nSPS) is 15.3. The lowest BCUT2D eigenvalue weighted by atomic mass is 9.30. The predicted molar refractivity (Wildman–Crippen MR) is 157 cm³/mol. The van der Waals surface area contributed by atoms with E-state index >= 15 is 0 Å². The second-order valence-corrected chi connectivity index (χ2v) is 12.5. The molecular weight excluding hydrogens is 433 g/mol. The van der Waals surface area contributed by atoms with Crippen LogP contribution in [0.3, 0.4) is 0 Å². The second-order valence-electron chi connectivity index (χ2n) is 12.5. The van der Waals surface area contributed by atoms with Crippen molar-refractivity contribution in [2.75, 3.05) is 4.90 Å². The van der Waals surface area contributed by atoms with Gasteiger partial charge in [0.2, 0.25) is 6.71 Å². The fraction of sp³-hybridized carbons (Fsp3) is 0.294. The Morgan fingerprint density at radius 1 is 0.694 bits per heavy atom. The van der Waals surface area contributed by atoms with E-state index in [1.165, 1.54) is 66.8 Å². The average molecular weight is 469 g/mol. The Kier molecular flexibility index (Phi) is 4.90. The minimum Gasteiger partial charge on any atom is -0.311 e. The standard InChI is InChI=1S/C34H36BN/c1-21-18-22(2)32(23(3)19-21)36-29-14-10-9-13-28(29)35-27-17-16-24(33(4,5)6)20-26(27)34(7,8)25-12-11-15-30(36)31(25)35/h9-20H,1-8H3. The van der Waals surface area contributed by atoms with Crippen LogP contribution in [0, 0.1) is 20.8 Å². The predicted octanol–water partition coefficient (Wildman–Crippen LogP) is 6.85. The number of para-hydroxylation sites is 1. The molecule has 0 unspecified atom stereocenters. The van der Waals surface area contributed by atoms with Crippen LogP contribution in [-0.2, 0) is 10.8 Å². The first-order valence-corrected chi connectivity index (χ1v) is 13.3. The molecule has 0 saturated carbocycles. The largest absolute Gasteiger partial charge is 0.311 e. The minimum atomic E-state index is -0.0756. The fourth-order valence-electron chi connectivity index (χ4n) is 6.87. The molecular formula is C34H36BN. The Bertz CT molecular complexity index is 1510. The molecule has 4 aromatic rings. The van der Waals surface area contributed by atoms with Crippen molar-refractivity contribution in [3.8, 4) is 0 Å². The number of hydrogen-bond acceptors (Lipinski definition) is 1. The van der Waals surface area contributed by atoms with Crippen LogP contribution in [0.1, 0.15) is 68.0 Å². The van der Waals surface area contributed by atoms with Gasteiger partial charge in [-0.2, -0.15) is 0 Å². The highest BCUT2D eigenvalue weighted by molar-refractivity contribution is 6.99. The summed E-state index contributed by atoms with van der Waals surface area (Å²) in [5, 5.41) is 0. The molecule has 1 nitrogen and oxygen atoms in total. The van der Waals surface area contributed by atoms with Crippen LogP contribution < -0.4 is 21.3 Å². The van der Waals surface area contributed by atoms with Gasteiger partial charge in [-0.25, -0.2) is 0 Å². The van der Waals surface area contributed by atoms with E-state index < -0.39 is 0 Å². The van der Waals surface area contributed by atoms with Crippen LogP contribution >= 0.6 is 0 Å². The Hall–Kier alpha value is -3.26. The lowest BCUT2D eigenvalue weighted by Crippen LogP contribution is -2.64. The van der Waals surface area contributed by atoms with E-state index in [4.69, 9.17) is 0 Å². The van der Waals surface area contributed by atoms with Gasteiger partial charge in [0.1, 0.15) is 0 Å². The van der Waals surface area contributed by atoms with E-state index in [9.17, 15) is 0 Å². The zero-order valence-corrected chi connectivity index (χ0v) is 23.0. The summed E-state index contributed by atoms with van der Waals surface area (Å²) < 4.78 is 0. The van der Waals surface area contributed by atoms with Crippen molar-refractivity contribution in [1.82, 2.24) is 0 Å². The molecule has 2 heteroatoms. The third-order valence-electron chi connectivity index (χ3n) is 8.54. The molecule has 0 saturated heterocycles. The van der Waals surface area contributed by atoms with Crippen molar-refractivity contribution < 1.29 is 0 Å². The van der Waals surface area contributed by atoms with E-state index in [0.717, 1.165) is 0 Å². The van der Waals surface area contributed by atoms with Crippen LogP contribution in [0.2, 0.25) is 0 Å². The van der Waals surface area contributed by atoms with Crippen molar-refractivity contribution in [2.24, 2.45) is 0 Å². The summed E-state index contributed by atoms with van der Waals surface area (Å²) in [4.78, 5) is 2.54. The maximum Gasteiger partial charge on any atom is 0.247 e. The van der Waals surface area contributed by atoms with Gasteiger partial charge in [-0.05, 0) is 77.1 Å². The maximum absolute atomic E-state index is 2.54. The highest BCUT2D eigenvalue weighted by Crippen LogP contribution is 2.44. The van der Waals surface area contributed by atoms with Gasteiger partial charge in [0.15, 0.2) is 0 Å². The monoisotopic (exact) mass is 469 g/mol. The molecule has 0 amide bonds. The van der Waals surface area contributed by atoms with Crippen molar-refractivity contribution in [3.05, 3.63) is 106 Å². The van der Waals surface area contributed by atoms with Gasteiger partial charge in [-0.3, -0.25) is 0 Å². The third kappa shape index (κ3) is 3.16. The summed E-state index contributed by atoms with van der Waals surface area (Å²) in [5.41, 5.74) is 16.6. The molecule has 2 aliphatic rings. The lowest BCUT2D eigenvalue weighted by molar-refractivity contribution is 0.583. The quantitative estimate of drug-likeness (QED) is 0.243. The van der Waals surface area contributed by atoms with Crippen molar-refractivity contribution >= 4 is 40.2 Å². The second kappa shape index (κ2) is 7.62. The van der Waals surface area contributed by atoms with Crippen LogP contribution in [0.4, 0.5) is 17.1 Å². The number of hydrogen-bond donors (Lipinski definition) is 0. The highest BCUT2D eigenvalue weighted by Gasteiger charge is 2.46. The van der Waals surface area contributed by atoms with E-state index in [-0.39, 0.29) is 17.5 Å². The van der Waals surface area contributed by atoms with Crippen molar-refractivity contribution in [2.45, 2.75) is 66.2 Å². The molecule has 0 aliphatic carbocycles. The first-order valence-electron chi connectivity index (χ1n) is 13.3. The summed E-state index contributed by atoms with van der Waals surface area (Å²) in [6.07, 6.45) is 0. The number of anilines is 3. The average Bonchev–Trinajstić information content (AvgIpc) is 2.81. The van der Waals surface area contributed by atoms with Crippen molar-refractivity contribution in [3.63, 3.8) is 0 Å². The lowest BCUT2D eigenvalue weighted by Gasteiger charge is -2.46. The summed E-state index contributed by atoms with van der Waals surface area (Å²) in [7, 11) is 0. The topological polar surface area (TPSA) is 3.24 Å². The Morgan fingerprint density at radius 3 is 2.06 bits per heavy atom. The van der Waals surface area contributed by atoms with Gasteiger partial charge in [0.25, 0.3) is 0 Å². The number of nitrogens with zero attached hydrogens (tertiary/aromatic N) is 1. The Morgan fingerprint density at radius 2 is 1.36 bits per heavy atom. The van der Waals surface area contributed by atoms with E-state index in [1.54, 1.807) is 0 Å². The van der Waals surface area contributed by atoms with Gasteiger partial charge in [0.05, 0.1) is 5.69 Å². The zero-order chi connectivity index (χ0) is 25.6. The van der Waals surface area contributed by atoms with Gasteiger partial charge in [-0.15, -0.1) is 0 Å². The van der Waals surface area contributed by atoms with Gasteiger partial charge >= 0.3 is 0 Å². The molecule has 2 heterocycles. The molecule has 0 atom stereocenters. The SMILES string of the molecule is Cc1cc(C)c(N2c3ccccc3B3c4ccc(C(C)(C)C)cc4C(C)(C)c4cccc2c43)c(C)c1. The molecule has 0 bridgehead atoms. The first kappa shape index (κ1) is 23.2. The number of aryl methyl sites for hydroxylation is 3. The van der Waals surface area contributed by atoms with Crippen molar-refractivity contribution in [1.29, 1.82) is 0 Å². The van der Waals surface area contributed by atoms with Crippen LogP contribution in [0.25, 0.3) is 0 Å². The van der Waals surface area contributed by atoms with Crippen LogP contribution in [-0.4, -0.2) is 6.71 Å². The number of rotatable bonds is 1. The molecule has 0 fully saturated rings. The zero-order valence-electron chi connectivity index (χ0n) is 23.0. The highest BCUT2D eigenvalue weighted by atomic mass is 15.2. The summed E-state index contributed by atoms with van der Waals surface area (Å²) in [6, 6.07) is 28.0. The summed E-state index contributed by atoms with van der Waals surface area (Å²) in [5.74, 6) is 0. The molecule has 0 radical (unpaired) electrons. The molecule has 2 aliphatic heterocycles. The molecule has 6 rings (SSSR count). The van der Waals surface area contributed by atoms with E-state index in [1.807, 2.05) is 0 Å². The summed E-state index contributed by atoms with van der Waals surface area (Å²) >= 11 is 0. The summed E-state index contributed by atoms with van der Waals surface area (Å²) in [6.45, 7) is 18.7. The third-order valence-corrected chi connectivity index (χ3v) is 8.54. The van der Waals surface area contributed by atoms with Crippen LogP contribution in [0.15, 0.2) is 72.8 Å². The smallest absolute Gasteiger partial charge is 0.247 e. The van der Waals surface area contributed by atoms with E-state index in [2.05, 4.69) is 133 Å². The molecule has 180 valence electrons. The molecule has 36 heavy (non-hydrogen) atoms. The molecule has 0 spiro atoms. The number of fused-ring (bicyclic) bond motifs is 4. The molecule has 0 aromatic heterocycles. The Labute approximate surface area is 217 Å². The molecule has 0 N–H and O–H groups in total. The van der Waals surface area contributed by atoms with Gasteiger partial charge in [-0.1, -0.05) is 106 Å². The van der Waals surface area contributed by atoms with Gasteiger partial charge < -0.3 is 4.90 Å². The first-order chi connectivity index (χ1) is 17.0. The van der Waals surface area contributed by atoms with E-state index in [0.29, 0.717) is 0 Å². The van der Waals surface area contributed by atoms with Gasteiger partial charge in [0, 0.05) is 16.8 Å². The maximum atomic E-state index is 2.54. The molecule has 4 aromatic carbocycles. The number of benzene rings is 4. The Balaban J connectivity index is 1.70.